The number of carbonyl (C=O) groups excluding carboxylic acids is 6. The Morgan fingerprint density at radius 2 is 1.27 bits per heavy atom. The summed E-state index contributed by atoms with van der Waals surface area (Å²) in [4.78, 5) is 87.4. The number of benzene rings is 2. The van der Waals surface area contributed by atoms with Crippen LogP contribution in [0.4, 0.5) is 14.4 Å². The summed E-state index contributed by atoms with van der Waals surface area (Å²) in [6.07, 6.45) is 2.97. The lowest BCUT2D eigenvalue weighted by atomic mass is 10.0. The molecule has 56 heavy (non-hydrogen) atoms. The van der Waals surface area contributed by atoms with Crippen LogP contribution in [-0.2, 0) is 30.4 Å². The van der Waals surface area contributed by atoms with E-state index in [0.29, 0.717) is 31.8 Å². The van der Waals surface area contributed by atoms with Crippen molar-refractivity contribution in [1.29, 1.82) is 0 Å². The van der Waals surface area contributed by atoms with Crippen LogP contribution in [0.15, 0.2) is 54.7 Å². The first-order chi connectivity index (χ1) is 26.8. The first-order valence-electron chi connectivity index (χ1n) is 18.9. The molecule has 4 unspecified atom stereocenters. The number of hydrogen-bond donors (Lipinski definition) is 5. The molecule has 2 saturated heterocycles. The Hall–Kier alpha value is -5.93. The van der Waals surface area contributed by atoms with Crippen LogP contribution >= 0.6 is 0 Å². The van der Waals surface area contributed by atoms with E-state index in [1.807, 2.05) is 62.4 Å². The van der Waals surface area contributed by atoms with E-state index in [2.05, 4.69) is 36.0 Å². The number of imidazole rings is 1. The summed E-state index contributed by atoms with van der Waals surface area (Å²) in [6.45, 7) is 8.42. The molecule has 7 amide bonds. The molecular formula is C40H52N8O8. The molecule has 5 N–H and O–H groups in total. The average Bonchev–Trinajstić information content (AvgIpc) is 3.99. The zero-order valence-corrected chi connectivity index (χ0v) is 32.7. The van der Waals surface area contributed by atoms with E-state index >= 15 is 0 Å². The standard InChI is InChI=1S/C40H52N8O8/c1-23(2)32(44-39(53)55-5)36(50)47-19-7-9-30(47)34-41-22-29(43-34)28-17-15-27(16-18-28)26-13-11-25(12-14-26)21-42-38(52)46-35(49)31-10-8-20-48(31)37(51)33(24(3)4)45-40(54)56-6/h11-18,22-24,30-33H,7-10,19-21H2,1-6H3,(H,41,43)(H,44,53)(H,45,54)(H2,42,46,49,52). The van der Waals surface area contributed by atoms with Gasteiger partial charge in [-0.05, 0) is 59.8 Å². The Morgan fingerprint density at radius 3 is 1.84 bits per heavy atom. The predicted molar refractivity (Wildman–Crippen MR) is 207 cm³/mol. The molecule has 2 aromatic carbocycles. The predicted octanol–water partition coefficient (Wildman–Crippen LogP) is 4.49. The van der Waals surface area contributed by atoms with Crippen molar-refractivity contribution < 1.29 is 38.2 Å². The van der Waals surface area contributed by atoms with Crippen LogP contribution in [0, 0.1) is 11.8 Å². The van der Waals surface area contributed by atoms with Gasteiger partial charge >= 0.3 is 18.2 Å². The van der Waals surface area contributed by atoms with E-state index < -0.39 is 48.2 Å². The number of imide groups is 1. The van der Waals surface area contributed by atoms with Crippen molar-refractivity contribution >= 4 is 35.9 Å². The van der Waals surface area contributed by atoms with Gasteiger partial charge in [-0.1, -0.05) is 76.2 Å². The molecular weight excluding hydrogens is 720 g/mol. The Bertz CT molecular complexity index is 1880. The van der Waals surface area contributed by atoms with E-state index in [0.717, 1.165) is 40.8 Å². The molecule has 0 saturated carbocycles. The number of aromatic amines is 1. The number of H-pyrrole nitrogens is 1. The van der Waals surface area contributed by atoms with Gasteiger partial charge in [0.15, 0.2) is 0 Å². The minimum Gasteiger partial charge on any atom is -0.453 e. The van der Waals surface area contributed by atoms with Crippen LogP contribution in [0.3, 0.4) is 0 Å². The Balaban J connectivity index is 1.14. The fourth-order valence-electron chi connectivity index (χ4n) is 7.11. The van der Waals surface area contributed by atoms with Gasteiger partial charge in [-0.2, -0.15) is 0 Å². The molecule has 5 rings (SSSR count). The van der Waals surface area contributed by atoms with Gasteiger partial charge in [0, 0.05) is 19.6 Å². The molecule has 16 heteroatoms. The summed E-state index contributed by atoms with van der Waals surface area (Å²) in [5, 5.41) is 10.3. The van der Waals surface area contributed by atoms with Crippen LogP contribution in [0.1, 0.15) is 70.8 Å². The first kappa shape index (κ1) is 41.2. The smallest absolute Gasteiger partial charge is 0.407 e. The summed E-state index contributed by atoms with van der Waals surface area (Å²) >= 11 is 0. The third kappa shape index (κ3) is 9.83. The van der Waals surface area contributed by atoms with Crippen LogP contribution in [-0.4, -0.2) is 101 Å². The molecule has 16 nitrogen and oxygen atoms in total. The number of hydrogen-bond acceptors (Lipinski definition) is 9. The molecule has 1 aromatic heterocycles. The number of ether oxygens (including phenoxy) is 2. The highest BCUT2D eigenvalue weighted by molar-refractivity contribution is 5.99. The molecule has 2 aliphatic rings. The van der Waals surface area contributed by atoms with Crippen LogP contribution in [0.2, 0.25) is 0 Å². The number of nitrogens with one attached hydrogen (secondary N) is 5. The van der Waals surface area contributed by atoms with E-state index in [4.69, 9.17) is 4.74 Å². The number of alkyl carbamates (subject to hydrolysis) is 2. The Kier molecular flexibility index (Phi) is 13.7. The third-order valence-corrected chi connectivity index (χ3v) is 10.2. The van der Waals surface area contributed by atoms with E-state index in [9.17, 15) is 28.8 Å². The molecule has 0 aliphatic carbocycles. The van der Waals surface area contributed by atoms with Crippen LogP contribution < -0.4 is 21.3 Å². The fraction of sp³-hybridized carbons (Fsp3) is 0.475. The third-order valence-electron chi connectivity index (χ3n) is 10.2. The zero-order valence-electron chi connectivity index (χ0n) is 32.7. The van der Waals surface area contributed by atoms with E-state index in [1.54, 1.807) is 24.9 Å². The second-order valence-electron chi connectivity index (χ2n) is 14.7. The van der Waals surface area contributed by atoms with Gasteiger partial charge in [-0.15, -0.1) is 0 Å². The summed E-state index contributed by atoms with van der Waals surface area (Å²) in [5.41, 5.74) is 4.53. The summed E-state index contributed by atoms with van der Waals surface area (Å²) in [5.74, 6) is -0.818. The number of carbonyl (C=O) groups is 6. The largest absolute Gasteiger partial charge is 0.453 e. The van der Waals surface area contributed by atoms with Gasteiger partial charge in [0.1, 0.15) is 23.9 Å². The summed E-state index contributed by atoms with van der Waals surface area (Å²) in [6, 6.07) is 12.4. The molecule has 0 spiro atoms. The van der Waals surface area contributed by atoms with Gasteiger partial charge in [-0.3, -0.25) is 19.7 Å². The molecule has 0 bridgehead atoms. The van der Waals surface area contributed by atoms with Gasteiger partial charge < -0.3 is 40.2 Å². The highest BCUT2D eigenvalue weighted by Gasteiger charge is 2.40. The maximum atomic E-state index is 13.5. The minimum absolute atomic E-state index is 0.122. The molecule has 3 heterocycles. The number of nitrogens with zero attached hydrogens (tertiary/aromatic N) is 3. The van der Waals surface area contributed by atoms with Gasteiger partial charge in [-0.25, -0.2) is 19.4 Å². The normalized spacial score (nSPS) is 17.6. The zero-order chi connectivity index (χ0) is 40.5. The quantitative estimate of drug-likeness (QED) is 0.176. The maximum Gasteiger partial charge on any atom is 0.407 e. The Labute approximate surface area is 326 Å². The van der Waals surface area contributed by atoms with Crippen molar-refractivity contribution in [2.45, 2.75) is 84.1 Å². The second-order valence-corrected chi connectivity index (χ2v) is 14.7. The number of methoxy groups -OCH3 is 2. The fourth-order valence-corrected chi connectivity index (χ4v) is 7.11. The van der Waals surface area contributed by atoms with Gasteiger partial charge in [0.2, 0.25) is 11.8 Å². The monoisotopic (exact) mass is 772 g/mol. The number of aromatic nitrogens is 2. The molecule has 2 fully saturated rings. The van der Waals surface area contributed by atoms with Crippen molar-refractivity contribution in [2.75, 3.05) is 27.3 Å². The number of rotatable bonds is 12. The summed E-state index contributed by atoms with van der Waals surface area (Å²) < 4.78 is 9.38. The number of likely N-dealkylation sites (tertiary alicyclic amines) is 2. The van der Waals surface area contributed by atoms with Crippen molar-refractivity contribution in [3.05, 3.63) is 66.1 Å². The number of urea groups is 1. The highest BCUT2D eigenvalue weighted by Crippen LogP contribution is 2.33. The molecule has 300 valence electrons. The van der Waals surface area contributed by atoms with Crippen molar-refractivity contribution in [3.8, 4) is 22.4 Å². The van der Waals surface area contributed by atoms with Gasteiger partial charge in [0.05, 0.1) is 32.2 Å². The van der Waals surface area contributed by atoms with Gasteiger partial charge in [0.25, 0.3) is 5.91 Å². The van der Waals surface area contributed by atoms with Crippen molar-refractivity contribution in [2.24, 2.45) is 11.8 Å². The first-order valence-corrected chi connectivity index (χ1v) is 18.9. The van der Waals surface area contributed by atoms with Crippen molar-refractivity contribution in [3.63, 3.8) is 0 Å². The molecule has 4 atom stereocenters. The average molecular weight is 773 g/mol. The van der Waals surface area contributed by atoms with Crippen LogP contribution in [0.5, 0.6) is 0 Å². The molecule has 2 aliphatic heterocycles. The second kappa shape index (κ2) is 18.6. The Morgan fingerprint density at radius 1 is 0.750 bits per heavy atom. The lowest BCUT2D eigenvalue weighted by molar-refractivity contribution is -0.140. The van der Waals surface area contributed by atoms with E-state index in [-0.39, 0.29) is 30.3 Å². The van der Waals surface area contributed by atoms with Crippen molar-refractivity contribution in [1.82, 2.24) is 41.0 Å². The maximum absolute atomic E-state index is 13.5. The lowest BCUT2D eigenvalue weighted by Crippen LogP contribution is -2.56. The lowest BCUT2D eigenvalue weighted by Gasteiger charge is -2.30. The molecule has 3 aromatic rings. The minimum atomic E-state index is -0.869. The highest BCUT2D eigenvalue weighted by atomic mass is 16.5. The van der Waals surface area contributed by atoms with Crippen LogP contribution in [0.25, 0.3) is 22.4 Å². The molecule has 0 radical (unpaired) electrons. The summed E-state index contributed by atoms with van der Waals surface area (Å²) in [7, 11) is 2.49. The SMILES string of the molecule is COC(=O)NC(C(=O)N1CCCC1C(=O)NC(=O)NCc1ccc(-c2ccc(-c3cnc(C4CCCN4C(=O)C(NC(=O)OC)C(C)C)[nH]3)cc2)cc1)C(C)C. The van der Waals surface area contributed by atoms with E-state index in [1.165, 1.54) is 19.1 Å². The number of amides is 7. The topological polar surface area (TPSA) is 204 Å².